The lowest BCUT2D eigenvalue weighted by atomic mass is 9.93. The molecule has 0 bridgehead atoms. The van der Waals surface area contributed by atoms with Crippen LogP contribution < -0.4 is 4.74 Å². The minimum absolute atomic E-state index is 0.00766. The molecular formula is C17H21NO3S. The quantitative estimate of drug-likeness (QED) is 0.847. The summed E-state index contributed by atoms with van der Waals surface area (Å²) in [6.07, 6.45) is 4.83. The van der Waals surface area contributed by atoms with Crippen LogP contribution in [-0.2, 0) is 15.6 Å². The highest BCUT2D eigenvalue weighted by Gasteiger charge is 2.14. The van der Waals surface area contributed by atoms with Gasteiger partial charge in [0.05, 0.1) is 12.9 Å². The summed E-state index contributed by atoms with van der Waals surface area (Å²) in [6.45, 7) is 4.26. The molecule has 4 nitrogen and oxygen atoms in total. The maximum absolute atomic E-state index is 11.4. The van der Waals surface area contributed by atoms with Crippen LogP contribution in [0.3, 0.4) is 0 Å². The molecule has 0 aliphatic carbocycles. The number of pyridine rings is 1. The van der Waals surface area contributed by atoms with Crippen LogP contribution in [0.2, 0.25) is 0 Å². The van der Waals surface area contributed by atoms with E-state index in [1.165, 1.54) is 11.8 Å². The van der Waals surface area contributed by atoms with Crippen molar-refractivity contribution in [2.75, 3.05) is 13.4 Å². The highest BCUT2D eigenvalue weighted by molar-refractivity contribution is 7.89. The summed E-state index contributed by atoms with van der Waals surface area (Å²) < 4.78 is 28.4. The number of ether oxygens (including phenoxy) is 1. The average Bonchev–Trinajstić information content (AvgIpc) is 2.45. The van der Waals surface area contributed by atoms with Crippen LogP contribution in [-0.4, -0.2) is 26.8 Å². The first-order chi connectivity index (χ1) is 10.3. The van der Waals surface area contributed by atoms with Crippen LogP contribution in [0.4, 0.5) is 0 Å². The van der Waals surface area contributed by atoms with Gasteiger partial charge in [0.25, 0.3) is 0 Å². The van der Waals surface area contributed by atoms with E-state index in [4.69, 9.17) is 4.74 Å². The maximum atomic E-state index is 11.4. The van der Waals surface area contributed by atoms with Crippen molar-refractivity contribution >= 4 is 9.84 Å². The van der Waals surface area contributed by atoms with Crippen LogP contribution in [0.25, 0.3) is 11.1 Å². The topological polar surface area (TPSA) is 56.3 Å². The van der Waals surface area contributed by atoms with Crippen molar-refractivity contribution in [2.45, 2.75) is 25.5 Å². The summed E-state index contributed by atoms with van der Waals surface area (Å²) >= 11 is 0. The fourth-order valence-electron chi connectivity index (χ4n) is 2.48. The van der Waals surface area contributed by atoms with Crippen LogP contribution in [0.5, 0.6) is 5.75 Å². The summed E-state index contributed by atoms with van der Waals surface area (Å²) in [4.78, 5) is 4.21. The molecular weight excluding hydrogens is 298 g/mol. The van der Waals surface area contributed by atoms with Crippen molar-refractivity contribution in [2.24, 2.45) is 0 Å². The minimum Gasteiger partial charge on any atom is -0.496 e. The van der Waals surface area contributed by atoms with Crippen molar-refractivity contribution in [3.63, 3.8) is 0 Å². The Labute approximate surface area is 132 Å². The lowest BCUT2D eigenvalue weighted by molar-refractivity contribution is 0.416. The van der Waals surface area contributed by atoms with Gasteiger partial charge >= 0.3 is 0 Å². The predicted octanol–water partition coefficient (Wildman–Crippen LogP) is 3.43. The van der Waals surface area contributed by atoms with E-state index in [2.05, 4.69) is 18.8 Å². The predicted molar refractivity (Wildman–Crippen MR) is 88.9 cm³/mol. The van der Waals surface area contributed by atoms with Crippen molar-refractivity contribution in [1.29, 1.82) is 0 Å². The average molecular weight is 319 g/mol. The molecule has 5 heteroatoms. The highest BCUT2D eigenvalue weighted by atomic mass is 32.2. The molecule has 0 spiro atoms. The Hall–Kier alpha value is -1.88. The van der Waals surface area contributed by atoms with E-state index in [0.717, 1.165) is 16.7 Å². The Kier molecular flexibility index (Phi) is 4.86. The smallest absolute Gasteiger partial charge is 0.151 e. The van der Waals surface area contributed by atoms with Gasteiger partial charge < -0.3 is 4.74 Å². The fourth-order valence-corrected chi connectivity index (χ4v) is 3.27. The van der Waals surface area contributed by atoms with E-state index in [1.807, 2.05) is 24.4 Å². The first-order valence-corrected chi connectivity index (χ1v) is 9.17. The molecule has 0 atom stereocenters. The van der Waals surface area contributed by atoms with E-state index < -0.39 is 9.84 Å². The Bertz CT molecular complexity index is 767. The largest absolute Gasteiger partial charge is 0.496 e. The second-order valence-electron chi connectivity index (χ2n) is 5.72. The summed E-state index contributed by atoms with van der Waals surface area (Å²) in [5.41, 5.74) is 3.85. The molecule has 1 heterocycles. The zero-order valence-corrected chi connectivity index (χ0v) is 14.1. The molecule has 0 saturated heterocycles. The van der Waals surface area contributed by atoms with Crippen molar-refractivity contribution < 1.29 is 13.2 Å². The molecule has 0 saturated carbocycles. The van der Waals surface area contributed by atoms with Crippen molar-refractivity contribution in [3.05, 3.63) is 47.8 Å². The van der Waals surface area contributed by atoms with Gasteiger partial charge in [0.1, 0.15) is 5.75 Å². The molecule has 118 valence electrons. The van der Waals surface area contributed by atoms with Crippen LogP contribution >= 0.6 is 0 Å². The first kappa shape index (κ1) is 16.5. The second-order valence-corrected chi connectivity index (χ2v) is 7.86. The lowest BCUT2D eigenvalue weighted by Gasteiger charge is -2.15. The fraction of sp³-hybridized carbons (Fsp3) is 0.353. The Morgan fingerprint density at radius 2 is 1.91 bits per heavy atom. The molecule has 0 unspecified atom stereocenters. The number of hydrogen-bond donors (Lipinski definition) is 0. The molecule has 0 amide bonds. The lowest BCUT2D eigenvalue weighted by Crippen LogP contribution is -2.02. The van der Waals surface area contributed by atoms with E-state index >= 15 is 0 Å². The van der Waals surface area contributed by atoms with Gasteiger partial charge in [-0.05, 0) is 29.2 Å². The normalized spacial score (nSPS) is 11.7. The van der Waals surface area contributed by atoms with Crippen molar-refractivity contribution in [3.8, 4) is 16.9 Å². The SMILES string of the molecule is COc1cc(CS(C)(=O)=O)ccc1-c1cnccc1C(C)C. The van der Waals surface area contributed by atoms with Gasteiger partial charge in [-0.3, -0.25) is 4.98 Å². The molecule has 0 aliphatic rings. The number of sulfone groups is 1. The van der Waals surface area contributed by atoms with E-state index in [0.29, 0.717) is 11.7 Å². The second kappa shape index (κ2) is 6.48. The zero-order chi connectivity index (χ0) is 16.3. The Morgan fingerprint density at radius 1 is 1.18 bits per heavy atom. The van der Waals surface area contributed by atoms with Crippen LogP contribution in [0.1, 0.15) is 30.9 Å². The van der Waals surface area contributed by atoms with Gasteiger partial charge in [0.2, 0.25) is 0 Å². The molecule has 2 rings (SSSR count). The van der Waals surface area contributed by atoms with Gasteiger partial charge in [0, 0.05) is 29.8 Å². The molecule has 22 heavy (non-hydrogen) atoms. The van der Waals surface area contributed by atoms with Crippen molar-refractivity contribution in [1.82, 2.24) is 4.98 Å². The Balaban J connectivity index is 2.53. The summed E-state index contributed by atoms with van der Waals surface area (Å²) in [5.74, 6) is 1.03. The summed E-state index contributed by atoms with van der Waals surface area (Å²) in [7, 11) is -1.48. The summed E-state index contributed by atoms with van der Waals surface area (Å²) in [6, 6.07) is 7.52. The standard InChI is InChI=1S/C17H21NO3S/c1-12(2)14-7-8-18-10-16(14)15-6-5-13(9-17(15)21-3)11-22(4,19)20/h5-10,12H,11H2,1-4H3. The van der Waals surface area contributed by atoms with Gasteiger partial charge in [-0.2, -0.15) is 0 Å². The number of nitrogens with zero attached hydrogens (tertiary/aromatic N) is 1. The molecule has 0 radical (unpaired) electrons. The van der Waals surface area contributed by atoms with E-state index in [9.17, 15) is 8.42 Å². The van der Waals surface area contributed by atoms with Gasteiger partial charge in [-0.25, -0.2) is 8.42 Å². The van der Waals surface area contributed by atoms with Gasteiger partial charge in [-0.15, -0.1) is 0 Å². The zero-order valence-electron chi connectivity index (χ0n) is 13.3. The Morgan fingerprint density at radius 3 is 2.50 bits per heavy atom. The van der Waals surface area contributed by atoms with Crippen LogP contribution in [0, 0.1) is 0 Å². The third-order valence-corrected chi connectivity index (χ3v) is 4.32. The molecule has 1 aromatic heterocycles. The third kappa shape index (κ3) is 3.85. The number of hydrogen-bond acceptors (Lipinski definition) is 4. The van der Waals surface area contributed by atoms with E-state index in [1.54, 1.807) is 19.4 Å². The molecule has 2 aromatic rings. The van der Waals surface area contributed by atoms with E-state index in [-0.39, 0.29) is 5.75 Å². The molecule has 0 fully saturated rings. The number of benzene rings is 1. The monoisotopic (exact) mass is 319 g/mol. The number of methoxy groups -OCH3 is 1. The maximum Gasteiger partial charge on any atom is 0.151 e. The van der Waals surface area contributed by atoms with Gasteiger partial charge in [0.15, 0.2) is 9.84 Å². The highest BCUT2D eigenvalue weighted by Crippen LogP contribution is 2.35. The van der Waals surface area contributed by atoms with Gasteiger partial charge in [-0.1, -0.05) is 26.0 Å². The third-order valence-electron chi connectivity index (χ3n) is 3.46. The molecule has 0 aliphatic heterocycles. The molecule has 0 N–H and O–H groups in total. The summed E-state index contributed by atoms with van der Waals surface area (Å²) in [5, 5.41) is 0. The van der Waals surface area contributed by atoms with Crippen LogP contribution in [0.15, 0.2) is 36.7 Å². The molecule has 1 aromatic carbocycles. The number of rotatable bonds is 5. The minimum atomic E-state index is -3.07. The number of aromatic nitrogens is 1. The first-order valence-electron chi connectivity index (χ1n) is 7.10.